The number of amidine groups is 1. The zero-order valence-corrected chi connectivity index (χ0v) is 22.5. The first-order valence-electron chi connectivity index (χ1n) is 13.2. The molecule has 2 aliphatic heterocycles. The number of nitrogens with one attached hydrogen (secondary N) is 2. The zero-order valence-electron chi connectivity index (χ0n) is 22.5. The molecule has 0 spiro atoms. The quantitative estimate of drug-likeness (QED) is 0.397. The number of fused-ring (bicyclic) bond motifs is 5. The Morgan fingerprint density at radius 1 is 1.24 bits per heavy atom. The maximum atomic E-state index is 13.0. The highest BCUT2D eigenvalue weighted by atomic mass is 16.6. The molecule has 3 atom stereocenters. The lowest BCUT2D eigenvalue weighted by molar-refractivity contribution is -0.122. The minimum atomic E-state index is -0.549. The average molecular weight is 503 g/mol. The second-order valence-corrected chi connectivity index (χ2v) is 11.5. The standard InChI is InChI=1S/C30H38N4O3/c1-7-25(31)34-29(3,4)16-26(35)33-22-13-12-18-14-24-20(15-21(18)22)17(2)32-27-19-10-8-9-11-23(19)37-30(5,6)28(27)36-24/h8-11,14-15,22,27-28,32H,2,7,12-13,16H2,1,3-6H3,(H2,31,34)(H,33,35)/t22-,27-,28+/m1/s1. The fourth-order valence-corrected chi connectivity index (χ4v) is 5.77. The van der Waals surface area contributed by atoms with Crippen LogP contribution in [0.15, 0.2) is 48.0 Å². The summed E-state index contributed by atoms with van der Waals surface area (Å²) in [5.41, 5.74) is 9.93. The summed E-state index contributed by atoms with van der Waals surface area (Å²) in [5.74, 6) is 2.20. The van der Waals surface area contributed by atoms with Gasteiger partial charge in [0, 0.05) is 23.2 Å². The van der Waals surface area contributed by atoms with E-state index in [0.717, 1.165) is 46.7 Å². The lowest BCUT2D eigenvalue weighted by atomic mass is 9.86. The number of para-hydroxylation sites is 1. The van der Waals surface area contributed by atoms with Gasteiger partial charge in [0.25, 0.3) is 0 Å². The molecule has 0 aromatic heterocycles. The Hall–Kier alpha value is -3.48. The Balaban J connectivity index is 1.40. The smallest absolute Gasteiger partial charge is 0.222 e. The van der Waals surface area contributed by atoms with Crippen molar-refractivity contribution < 1.29 is 14.3 Å². The fraction of sp³-hybridized carbons (Fsp3) is 0.467. The Kier molecular flexibility index (Phi) is 6.21. The van der Waals surface area contributed by atoms with Crippen LogP contribution in [0.25, 0.3) is 5.70 Å². The third kappa shape index (κ3) is 4.79. The van der Waals surface area contributed by atoms with Gasteiger partial charge < -0.3 is 25.8 Å². The highest BCUT2D eigenvalue weighted by molar-refractivity contribution is 5.82. The van der Waals surface area contributed by atoms with E-state index in [0.29, 0.717) is 12.3 Å². The monoisotopic (exact) mass is 502 g/mol. The van der Waals surface area contributed by atoms with Gasteiger partial charge in [0.05, 0.1) is 29.9 Å². The number of amides is 1. The zero-order chi connectivity index (χ0) is 26.5. The van der Waals surface area contributed by atoms with Crippen LogP contribution in [0.1, 0.15) is 88.2 Å². The van der Waals surface area contributed by atoms with Gasteiger partial charge in [0.1, 0.15) is 17.1 Å². The molecule has 2 aromatic carbocycles. The van der Waals surface area contributed by atoms with Gasteiger partial charge in [-0.05, 0) is 69.9 Å². The Morgan fingerprint density at radius 3 is 2.76 bits per heavy atom. The second kappa shape index (κ2) is 9.12. The minimum Gasteiger partial charge on any atom is -0.484 e. The molecular weight excluding hydrogens is 464 g/mol. The Labute approximate surface area is 219 Å². The van der Waals surface area contributed by atoms with Crippen molar-refractivity contribution in [1.82, 2.24) is 10.6 Å². The first-order chi connectivity index (χ1) is 17.5. The predicted molar refractivity (Wildman–Crippen MR) is 147 cm³/mol. The summed E-state index contributed by atoms with van der Waals surface area (Å²) in [5, 5.41) is 6.87. The van der Waals surface area contributed by atoms with Crippen molar-refractivity contribution >= 4 is 17.4 Å². The molecule has 0 saturated carbocycles. The molecule has 0 fully saturated rings. The van der Waals surface area contributed by atoms with E-state index in [4.69, 9.17) is 15.2 Å². The summed E-state index contributed by atoms with van der Waals surface area (Å²) >= 11 is 0. The molecule has 0 bridgehead atoms. The van der Waals surface area contributed by atoms with Gasteiger partial charge in [-0.3, -0.25) is 9.79 Å². The normalized spacial score (nSPS) is 23.8. The van der Waals surface area contributed by atoms with Crippen molar-refractivity contribution in [3.05, 3.63) is 65.2 Å². The molecule has 0 unspecified atom stereocenters. The summed E-state index contributed by atoms with van der Waals surface area (Å²) in [6.45, 7) is 14.3. The molecule has 196 valence electrons. The third-order valence-corrected chi connectivity index (χ3v) is 7.58. The van der Waals surface area contributed by atoms with Crippen molar-refractivity contribution in [3.8, 4) is 11.5 Å². The molecular formula is C30H38N4O3. The van der Waals surface area contributed by atoms with Crippen LogP contribution in [0.5, 0.6) is 11.5 Å². The van der Waals surface area contributed by atoms with Gasteiger partial charge in [0.2, 0.25) is 5.91 Å². The van der Waals surface area contributed by atoms with Gasteiger partial charge in [-0.2, -0.15) is 0 Å². The minimum absolute atomic E-state index is 0.0276. The van der Waals surface area contributed by atoms with Gasteiger partial charge in [-0.1, -0.05) is 31.7 Å². The Bertz CT molecular complexity index is 1280. The van der Waals surface area contributed by atoms with Crippen LogP contribution in [-0.4, -0.2) is 29.0 Å². The van der Waals surface area contributed by atoms with Crippen LogP contribution >= 0.6 is 0 Å². The number of aryl methyl sites for hydroxylation is 1. The number of hydrogen-bond acceptors (Lipinski definition) is 5. The maximum Gasteiger partial charge on any atom is 0.222 e. The van der Waals surface area contributed by atoms with Crippen molar-refractivity contribution in [2.75, 3.05) is 0 Å². The molecule has 7 nitrogen and oxygen atoms in total. The second-order valence-electron chi connectivity index (χ2n) is 11.5. The summed E-state index contributed by atoms with van der Waals surface area (Å²) in [7, 11) is 0. The van der Waals surface area contributed by atoms with Crippen LogP contribution in [0.2, 0.25) is 0 Å². The van der Waals surface area contributed by atoms with E-state index in [1.165, 1.54) is 5.56 Å². The molecule has 2 heterocycles. The molecule has 3 aliphatic rings. The van der Waals surface area contributed by atoms with Crippen LogP contribution in [0, 0.1) is 0 Å². The van der Waals surface area contributed by atoms with Crippen LogP contribution in [0.3, 0.4) is 0 Å². The summed E-state index contributed by atoms with van der Waals surface area (Å²) in [6, 6.07) is 12.2. The van der Waals surface area contributed by atoms with Gasteiger partial charge >= 0.3 is 0 Å². The number of ether oxygens (including phenoxy) is 2. The molecule has 1 aliphatic carbocycles. The highest BCUT2D eigenvalue weighted by Gasteiger charge is 2.47. The van der Waals surface area contributed by atoms with Gasteiger partial charge in [-0.15, -0.1) is 0 Å². The first-order valence-corrected chi connectivity index (χ1v) is 13.2. The molecule has 1 amide bonds. The predicted octanol–water partition coefficient (Wildman–Crippen LogP) is 4.96. The van der Waals surface area contributed by atoms with Crippen molar-refractivity contribution in [3.63, 3.8) is 0 Å². The van der Waals surface area contributed by atoms with E-state index in [-0.39, 0.29) is 30.5 Å². The first kappa shape index (κ1) is 25.2. The molecule has 4 N–H and O–H groups in total. The number of carbonyl (C=O) groups is 1. The third-order valence-electron chi connectivity index (χ3n) is 7.58. The van der Waals surface area contributed by atoms with E-state index in [1.807, 2.05) is 39.0 Å². The average Bonchev–Trinajstić information content (AvgIpc) is 3.12. The molecule has 37 heavy (non-hydrogen) atoms. The SMILES string of the molecule is C=C1N[C@@H]2c3ccccc3OC(C)(C)[C@H]2Oc2cc3c(cc21)[C@H](NC(=O)CC(C)(C)N=C(N)CC)CC3. The number of benzene rings is 2. The molecule has 0 radical (unpaired) electrons. The molecule has 2 aromatic rings. The number of carbonyl (C=O) groups excluding carboxylic acids is 1. The number of rotatable bonds is 5. The Morgan fingerprint density at radius 2 is 2.00 bits per heavy atom. The van der Waals surface area contributed by atoms with E-state index >= 15 is 0 Å². The van der Waals surface area contributed by atoms with E-state index in [2.05, 4.69) is 54.3 Å². The summed E-state index contributed by atoms with van der Waals surface area (Å²) < 4.78 is 13.1. The van der Waals surface area contributed by atoms with E-state index in [9.17, 15) is 4.79 Å². The van der Waals surface area contributed by atoms with Crippen LogP contribution in [-0.2, 0) is 11.2 Å². The van der Waals surface area contributed by atoms with Crippen LogP contribution in [0.4, 0.5) is 0 Å². The van der Waals surface area contributed by atoms with Crippen molar-refractivity contribution in [1.29, 1.82) is 0 Å². The summed E-state index contributed by atoms with van der Waals surface area (Å²) in [4.78, 5) is 17.5. The fourth-order valence-electron chi connectivity index (χ4n) is 5.77. The lowest BCUT2D eigenvalue weighted by Crippen LogP contribution is -2.54. The number of hydrogen-bond donors (Lipinski definition) is 3. The van der Waals surface area contributed by atoms with Crippen molar-refractivity contribution in [2.24, 2.45) is 10.7 Å². The number of nitrogens with zero attached hydrogens (tertiary/aromatic N) is 1. The largest absolute Gasteiger partial charge is 0.484 e. The van der Waals surface area contributed by atoms with Gasteiger partial charge in [0.15, 0.2) is 6.10 Å². The molecule has 0 saturated heterocycles. The molecule has 7 heteroatoms. The topological polar surface area (TPSA) is 98.0 Å². The molecule has 5 rings (SSSR count). The van der Waals surface area contributed by atoms with Gasteiger partial charge in [-0.25, -0.2) is 0 Å². The van der Waals surface area contributed by atoms with Crippen molar-refractivity contribution in [2.45, 2.75) is 89.6 Å². The highest BCUT2D eigenvalue weighted by Crippen LogP contribution is 2.47. The van der Waals surface area contributed by atoms with Crippen LogP contribution < -0.4 is 25.8 Å². The summed E-state index contributed by atoms with van der Waals surface area (Å²) in [6.07, 6.45) is 2.42. The lowest BCUT2D eigenvalue weighted by Gasteiger charge is -2.43. The van der Waals surface area contributed by atoms with E-state index in [1.54, 1.807) is 0 Å². The maximum absolute atomic E-state index is 13.0. The number of aliphatic imine (C=N–C) groups is 1. The number of nitrogens with two attached hydrogens (primary N) is 1. The van der Waals surface area contributed by atoms with E-state index < -0.39 is 11.1 Å².